The largest absolute Gasteiger partial charge is 0.310 e. The van der Waals surface area contributed by atoms with E-state index in [0.717, 1.165) is 0 Å². The molecule has 15 heavy (non-hydrogen) atoms. The lowest BCUT2D eigenvalue weighted by atomic mass is 9.93. The van der Waals surface area contributed by atoms with E-state index in [1.165, 1.54) is 42.5 Å². The molecule has 1 aromatic carbocycles. The monoisotopic (exact) mass is 225 g/mol. The van der Waals surface area contributed by atoms with Crippen molar-refractivity contribution < 1.29 is 0 Å². The Morgan fingerprint density at radius 2 is 2.00 bits per heavy atom. The van der Waals surface area contributed by atoms with Gasteiger partial charge in [0.2, 0.25) is 0 Å². The van der Waals surface area contributed by atoms with Gasteiger partial charge in [0.25, 0.3) is 0 Å². The Morgan fingerprint density at radius 1 is 1.20 bits per heavy atom. The maximum atomic E-state index is 3.60. The van der Waals surface area contributed by atoms with Crippen LogP contribution in [0.4, 0.5) is 0 Å². The topological polar surface area (TPSA) is 12.0 Å². The SMILES string of the molecule is Cc1ccc([C@H]2CCCCN2)c(C)c1.Cl. The van der Waals surface area contributed by atoms with Gasteiger partial charge in [-0.25, -0.2) is 0 Å². The maximum absolute atomic E-state index is 3.60. The van der Waals surface area contributed by atoms with Crippen LogP contribution in [0.1, 0.15) is 42.0 Å². The van der Waals surface area contributed by atoms with Crippen molar-refractivity contribution in [3.05, 3.63) is 34.9 Å². The fraction of sp³-hybridized carbons (Fsp3) is 0.538. The highest BCUT2D eigenvalue weighted by Gasteiger charge is 2.15. The first-order chi connectivity index (χ1) is 6.77. The molecular weight excluding hydrogens is 206 g/mol. The highest BCUT2D eigenvalue weighted by molar-refractivity contribution is 5.85. The summed E-state index contributed by atoms with van der Waals surface area (Å²) >= 11 is 0. The van der Waals surface area contributed by atoms with Gasteiger partial charge in [-0.1, -0.05) is 30.2 Å². The van der Waals surface area contributed by atoms with E-state index in [1.807, 2.05) is 0 Å². The second-order valence-corrected chi connectivity index (χ2v) is 4.36. The van der Waals surface area contributed by atoms with Crippen LogP contribution in [0.15, 0.2) is 18.2 Å². The number of benzene rings is 1. The summed E-state index contributed by atoms with van der Waals surface area (Å²) in [6.45, 7) is 5.56. The molecule has 1 aliphatic rings. The summed E-state index contributed by atoms with van der Waals surface area (Å²) in [5.41, 5.74) is 4.29. The lowest BCUT2D eigenvalue weighted by molar-refractivity contribution is 0.411. The highest BCUT2D eigenvalue weighted by Crippen LogP contribution is 2.25. The average molecular weight is 226 g/mol. The molecular formula is C13H20ClN. The van der Waals surface area contributed by atoms with Gasteiger partial charge in [-0.05, 0) is 44.4 Å². The minimum Gasteiger partial charge on any atom is -0.310 e. The fourth-order valence-corrected chi connectivity index (χ4v) is 2.33. The summed E-state index contributed by atoms with van der Waals surface area (Å²) in [5.74, 6) is 0. The van der Waals surface area contributed by atoms with E-state index in [-0.39, 0.29) is 12.4 Å². The van der Waals surface area contributed by atoms with Crippen molar-refractivity contribution in [3.8, 4) is 0 Å². The van der Waals surface area contributed by atoms with Crippen molar-refractivity contribution in [1.29, 1.82) is 0 Å². The molecule has 1 heterocycles. The molecule has 1 fully saturated rings. The van der Waals surface area contributed by atoms with Gasteiger partial charge in [-0.3, -0.25) is 0 Å². The standard InChI is InChI=1S/C13H19N.ClH/c1-10-6-7-12(11(2)9-10)13-5-3-4-8-14-13;/h6-7,9,13-14H,3-5,8H2,1-2H3;1H/t13-;/m1./s1. The zero-order chi connectivity index (χ0) is 9.97. The van der Waals surface area contributed by atoms with Gasteiger partial charge < -0.3 is 5.32 Å². The molecule has 0 aliphatic carbocycles. The van der Waals surface area contributed by atoms with Crippen LogP contribution in [0.3, 0.4) is 0 Å². The summed E-state index contributed by atoms with van der Waals surface area (Å²) in [7, 11) is 0. The summed E-state index contributed by atoms with van der Waals surface area (Å²) in [6.07, 6.45) is 4.00. The third kappa shape index (κ3) is 2.96. The Bertz CT molecular complexity index is 316. The third-order valence-electron chi connectivity index (χ3n) is 3.11. The van der Waals surface area contributed by atoms with Gasteiger partial charge in [0.05, 0.1) is 0 Å². The van der Waals surface area contributed by atoms with Gasteiger partial charge >= 0.3 is 0 Å². The van der Waals surface area contributed by atoms with Gasteiger partial charge in [-0.2, -0.15) is 0 Å². The molecule has 1 N–H and O–H groups in total. The van der Waals surface area contributed by atoms with E-state index in [4.69, 9.17) is 0 Å². The van der Waals surface area contributed by atoms with E-state index >= 15 is 0 Å². The second-order valence-electron chi connectivity index (χ2n) is 4.36. The summed E-state index contributed by atoms with van der Waals surface area (Å²) in [5, 5.41) is 3.60. The molecule has 2 rings (SSSR count). The lowest BCUT2D eigenvalue weighted by Gasteiger charge is -2.25. The van der Waals surface area contributed by atoms with Crippen molar-refractivity contribution in [3.63, 3.8) is 0 Å². The van der Waals surface area contributed by atoms with Gasteiger partial charge in [0.15, 0.2) is 0 Å². The Morgan fingerprint density at radius 3 is 2.60 bits per heavy atom. The predicted molar refractivity (Wildman–Crippen MR) is 67.8 cm³/mol. The molecule has 0 unspecified atom stereocenters. The molecule has 0 amide bonds. The van der Waals surface area contributed by atoms with E-state index in [9.17, 15) is 0 Å². The van der Waals surface area contributed by atoms with Crippen molar-refractivity contribution in [2.75, 3.05) is 6.54 Å². The highest BCUT2D eigenvalue weighted by atomic mass is 35.5. The number of hydrogen-bond donors (Lipinski definition) is 1. The molecule has 84 valence electrons. The molecule has 1 nitrogen and oxygen atoms in total. The van der Waals surface area contributed by atoms with Crippen molar-refractivity contribution >= 4 is 12.4 Å². The minimum atomic E-state index is 0. The van der Waals surface area contributed by atoms with Crippen LogP contribution in [0.5, 0.6) is 0 Å². The molecule has 0 bridgehead atoms. The molecule has 0 saturated carbocycles. The molecule has 1 saturated heterocycles. The second kappa shape index (κ2) is 5.53. The van der Waals surface area contributed by atoms with E-state index in [1.54, 1.807) is 0 Å². The van der Waals surface area contributed by atoms with Crippen LogP contribution in [0.2, 0.25) is 0 Å². The van der Waals surface area contributed by atoms with Crippen molar-refractivity contribution in [2.45, 2.75) is 39.2 Å². The van der Waals surface area contributed by atoms with Crippen LogP contribution in [-0.4, -0.2) is 6.54 Å². The third-order valence-corrected chi connectivity index (χ3v) is 3.11. The fourth-order valence-electron chi connectivity index (χ4n) is 2.33. The zero-order valence-corrected chi connectivity index (χ0v) is 10.4. The molecule has 0 radical (unpaired) electrons. The normalized spacial score (nSPS) is 20.8. The number of aryl methyl sites for hydroxylation is 2. The molecule has 1 atom stereocenters. The average Bonchev–Trinajstić information content (AvgIpc) is 2.19. The van der Waals surface area contributed by atoms with Crippen LogP contribution >= 0.6 is 12.4 Å². The van der Waals surface area contributed by atoms with E-state index < -0.39 is 0 Å². The van der Waals surface area contributed by atoms with Crippen LogP contribution < -0.4 is 5.32 Å². The minimum absolute atomic E-state index is 0. The molecule has 1 aromatic rings. The molecule has 1 aliphatic heterocycles. The van der Waals surface area contributed by atoms with Crippen LogP contribution in [0, 0.1) is 13.8 Å². The van der Waals surface area contributed by atoms with Crippen LogP contribution in [0.25, 0.3) is 0 Å². The van der Waals surface area contributed by atoms with Crippen molar-refractivity contribution in [2.24, 2.45) is 0 Å². The van der Waals surface area contributed by atoms with Gasteiger partial charge in [-0.15, -0.1) is 12.4 Å². The first-order valence-corrected chi connectivity index (χ1v) is 5.58. The Kier molecular flexibility index (Phi) is 4.62. The Labute approximate surface area is 98.7 Å². The smallest absolute Gasteiger partial charge is 0.0322 e. The first kappa shape index (κ1) is 12.5. The molecule has 2 heteroatoms. The van der Waals surface area contributed by atoms with E-state index in [0.29, 0.717) is 6.04 Å². The number of rotatable bonds is 1. The quantitative estimate of drug-likeness (QED) is 0.771. The first-order valence-electron chi connectivity index (χ1n) is 5.58. The number of nitrogens with one attached hydrogen (secondary N) is 1. The lowest BCUT2D eigenvalue weighted by Crippen LogP contribution is -2.27. The Hall–Kier alpha value is -0.530. The van der Waals surface area contributed by atoms with Crippen molar-refractivity contribution in [1.82, 2.24) is 5.32 Å². The number of piperidine rings is 1. The zero-order valence-electron chi connectivity index (χ0n) is 9.55. The Balaban J connectivity index is 0.00000112. The van der Waals surface area contributed by atoms with Crippen LogP contribution in [-0.2, 0) is 0 Å². The van der Waals surface area contributed by atoms with E-state index in [2.05, 4.69) is 37.4 Å². The van der Waals surface area contributed by atoms with Gasteiger partial charge in [0, 0.05) is 6.04 Å². The summed E-state index contributed by atoms with van der Waals surface area (Å²) in [6, 6.07) is 7.39. The predicted octanol–water partition coefficient (Wildman–Crippen LogP) is 3.54. The number of halogens is 1. The number of hydrogen-bond acceptors (Lipinski definition) is 1. The summed E-state index contributed by atoms with van der Waals surface area (Å²) < 4.78 is 0. The molecule has 0 aromatic heterocycles. The molecule has 0 spiro atoms. The van der Waals surface area contributed by atoms with Gasteiger partial charge in [0.1, 0.15) is 0 Å². The summed E-state index contributed by atoms with van der Waals surface area (Å²) in [4.78, 5) is 0. The maximum Gasteiger partial charge on any atom is 0.0322 e.